The lowest BCUT2D eigenvalue weighted by Crippen LogP contribution is -2.03. The number of methoxy groups -OCH3 is 1. The van der Waals surface area contributed by atoms with Gasteiger partial charge in [0.2, 0.25) is 0 Å². The topological polar surface area (TPSA) is 47.0 Å². The van der Waals surface area contributed by atoms with E-state index in [-0.39, 0.29) is 11.4 Å². The smallest absolute Gasteiger partial charge is 0.272 e. The fourth-order valence-corrected chi connectivity index (χ4v) is 2.92. The average Bonchev–Trinajstić information content (AvgIpc) is 2.91. The third-order valence-corrected chi connectivity index (χ3v) is 3.95. The van der Waals surface area contributed by atoms with Crippen molar-refractivity contribution in [3.05, 3.63) is 70.8 Å². The van der Waals surface area contributed by atoms with Crippen molar-refractivity contribution < 1.29 is 9.13 Å². The van der Waals surface area contributed by atoms with Crippen LogP contribution in [-0.2, 0) is 0 Å². The molecule has 0 saturated carbocycles. The number of halogens is 1. The number of para-hydroxylation sites is 1. The molecule has 0 fully saturated rings. The van der Waals surface area contributed by atoms with E-state index in [2.05, 4.69) is 5.10 Å². The minimum atomic E-state index is -0.348. The molecule has 1 N–H and O–H groups in total. The Morgan fingerprint density at radius 1 is 1.00 bits per heavy atom. The lowest BCUT2D eigenvalue weighted by atomic mass is 10.1. The van der Waals surface area contributed by atoms with Crippen LogP contribution in [0.5, 0.6) is 5.75 Å². The average molecular weight is 308 g/mol. The molecule has 0 aliphatic carbocycles. The van der Waals surface area contributed by atoms with E-state index in [0.29, 0.717) is 22.0 Å². The summed E-state index contributed by atoms with van der Waals surface area (Å²) in [6.07, 6.45) is 0. The number of hydrogen-bond acceptors (Lipinski definition) is 2. The standard InChI is InChI=1S/C18H13FN2O2/c1-23-16-10-15-17(13-8-7-11(19)9-14(13)16)21(20-18(15)22)12-5-3-2-4-6-12/h2-10H,1H3,(H,20,22). The maximum atomic E-state index is 13.6. The van der Waals surface area contributed by atoms with Crippen LogP contribution in [0.2, 0.25) is 0 Å². The van der Waals surface area contributed by atoms with Crippen LogP contribution in [0.3, 0.4) is 0 Å². The summed E-state index contributed by atoms with van der Waals surface area (Å²) in [4.78, 5) is 12.3. The van der Waals surface area contributed by atoms with E-state index < -0.39 is 0 Å². The van der Waals surface area contributed by atoms with Gasteiger partial charge >= 0.3 is 0 Å². The van der Waals surface area contributed by atoms with Crippen molar-refractivity contribution >= 4 is 21.7 Å². The first kappa shape index (κ1) is 13.6. The molecule has 0 unspecified atom stereocenters. The second-order valence-electron chi connectivity index (χ2n) is 5.28. The summed E-state index contributed by atoms with van der Waals surface area (Å²) in [5, 5.41) is 4.72. The highest BCUT2D eigenvalue weighted by molar-refractivity contribution is 6.09. The van der Waals surface area contributed by atoms with E-state index >= 15 is 0 Å². The molecule has 1 heterocycles. The monoisotopic (exact) mass is 308 g/mol. The Morgan fingerprint density at radius 3 is 2.52 bits per heavy atom. The predicted octanol–water partition coefficient (Wildman–Crippen LogP) is 3.62. The van der Waals surface area contributed by atoms with Crippen LogP contribution in [0, 0.1) is 5.82 Å². The van der Waals surface area contributed by atoms with Crippen LogP contribution in [0.1, 0.15) is 0 Å². The normalized spacial score (nSPS) is 11.2. The lowest BCUT2D eigenvalue weighted by molar-refractivity contribution is 0.420. The van der Waals surface area contributed by atoms with E-state index in [1.807, 2.05) is 30.3 Å². The number of rotatable bonds is 2. The van der Waals surface area contributed by atoms with Crippen molar-refractivity contribution in [1.29, 1.82) is 0 Å². The number of aromatic amines is 1. The number of hydrogen-bond donors (Lipinski definition) is 1. The minimum absolute atomic E-state index is 0.214. The Bertz CT molecular complexity index is 1080. The van der Waals surface area contributed by atoms with Crippen LogP contribution < -0.4 is 10.3 Å². The zero-order valence-corrected chi connectivity index (χ0v) is 12.3. The molecular weight excluding hydrogens is 295 g/mol. The fraction of sp³-hybridized carbons (Fsp3) is 0.0556. The van der Waals surface area contributed by atoms with Crippen LogP contribution in [0.25, 0.3) is 27.4 Å². The summed E-state index contributed by atoms with van der Waals surface area (Å²) in [5.74, 6) is 0.127. The van der Waals surface area contributed by atoms with Gasteiger partial charge in [-0.3, -0.25) is 14.6 Å². The Labute approximate surface area is 130 Å². The zero-order chi connectivity index (χ0) is 16.0. The molecule has 0 aliphatic rings. The number of nitrogens with zero attached hydrogens (tertiary/aromatic N) is 1. The number of ether oxygens (including phenoxy) is 1. The van der Waals surface area contributed by atoms with Gasteiger partial charge in [0, 0.05) is 10.8 Å². The summed E-state index contributed by atoms with van der Waals surface area (Å²) >= 11 is 0. The SMILES string of the molecule is COc1cc2c(=O)[nH]n(-c3ccccc3)c2c2ccc(F)cc12. The van der Waals surface area contributed by atoms with Crippen LogP contribution in [-0.4, -0.2) is 16.9 Å². The van der Waals surface area contributed by atoms with Gasteiger partial charge in [0.15, 0.2) is 0 Å². The van der Waals surface area contributed by atoms with Crippen LogP contribution in [0.4, 0.5) is 4.39 Å². The highest BCUT2D eigenvalue weighted by atomic mass is 19.1. The van der Waals surface area contributed by atoms with Crippen molar-refractivity contribution in [2.45, 2.75) is 0 Å². The van der Waals surface area contributed by atoms with Crippen LogP contribution >= 0.6 is 0 Å². The summed E-state index contributed by atoms with van der Waals surface area (Å²) in [6, 6.07) is 15.6. The Morgan fingerprint density at radius 2 is 1.78 bits per heavy atom. The van der Waals surface area contributed by atoms with E-state index in [9.17, 15) is 9.18 Å². The quantitative estimate of drug-likeness (QED) is 0.615. The van der Waals surface area contributed by atoms with E-state index in [1.54, 1.807) is 16.8 Å². The Kier molecular flexibility index (Phi) is 2.94. The molecule has 0 radical (unpaired) electrons. The summed E-state index contributed by atoms with van der Waals surface area (Å²) in [5.41, 5.74) is 1.32. The molecule has 4 aromatic rings. The lowest BCUT2D eigenvalue weighted by Gasteiger charge is -2.10. The molecule has 0 bridgehead atoms. The van der Waals surface area contributed by atoms with Crippen molar-refractivity contribution in [1.82, 2.24) is 9.78 Å². The third-order valence-electron chi connectivity index (χ3n) is 3.95. The molecule has 0 spiro atoms. The molecule has 4 nitrogen and oxygen atoms in total. The Balaban J connectivity index is 2.21. The molecule has 0 aliphatic heterocycles. The minimum Gasteiger partial charge on any atom is -0.496 e. The highest BCUT2D eigenvalue weighted by Gasteiger charge is 2.15. The van der Waals surface area contributed by atoms with E-state index in [0.717, 1.165) is 11.1 Å². The first-order chi connectivity index (χ1) is 11.2. The number of H-pyrrole nitrogens is 1. The van der Waals surface area contributed by atoms with Crippen molar-refractivity contribution in [3.63, 3.8) is 0 Å². The highest BCUT2D eigenvalue weighted by Crippen LogP contribution is 2.33. The zero-order valence-electron chi connectivity index (χ0n) is 12.3. The van der Waals surface area contributed by atoms with Gasteiger partial charge in [-0.05, 0) is 36.4 Å². The number of fused-ring (bicyclic) bond motifs is 3. The van der Waals surface area contributed by atoms with Crippen molar-refractivity contribution in [2.24, 2.45) is 0 Å². The van der Waals surface area contributed by atoms with Gasteiger partial charge in [0.1, 0.15) is 11.6 Å². The van der Waals surface area contributed by atoms with Gasteiger partial charge in [0.05, 0.1) is 23.7 Å². The number of benzene rings is 3. The van der Waals surface area contributed by atoms with Gasteiger partial charge < -0.3 is 4.74 Å². The molecule has 114 valence electrons. The van der Waals surface area contributed by atoms with Gasteiger partial charge in [-0.15, -0.1) is 0 Å². The maximum Gasteiger partial charge on any atom is 0.272 e. The molecule has 0 saturated heterocycles. The summed E-state index contributed by atoms with van der Waals surface area (Å²) in [7, 11) is 1.51. The maximum absolute atomic E-state index is 13.6. The molecule has 5 heteroatoms. The van der Waals surface area contributed by atoms with E-state index in [1.165, 1.54) is 19.2 Å². The first-order valence-corrected chi connectivity index (χ1v) is 7.15. The third kappa shape index (κ3) is 2.01. The second kappa shape index (κ2) is 4.98. The molecular formula is C18H13FN2O2. The largest absolute Gasteiger partial charge is 0.496 e. The van der Waals surface area contributed by atoms with Gasteiger partial charge in [-0.2, -0.15) is 0 Å². The predicted molar refractivity (Wildman–Crippen MR) is 87.9 cm³/mol. The van der Waals surface area contributed by atoms with Gasteiger partial charge in [0.25, 0.3) is 5.56 Å². The molecule has 4 rings (SSSR count). The molecule has 1 aromatic heterocycles. The first-order valence-electron chi connectivity index (χ1n) is 7.15. The van der Waals surface area contributed by atoms with Crippen LogP contribution in [0.15, 0.2) is 59.4 Å². The second-order valence-corrected chi connectivity index (χ2v) is 5.28. The molecule has 3 aromatic carbocycles. The van der Waals surface area contributed by atoms with Gasteiger partial charge in [-0.25, -0.2) is 4.39 Å². The van der Waals surface area contributed by atoms with Gasteiger partial charge in [-0.1, -0.05) is 18.2 Å². The summed E-state index contributed by atoms with van der Waals surface area (Å²) in [6.45, 7) is 0. The Hall–Kier alpha value is -3.08. The number of aromatic nitrogens is 2. The molecule has 0 amide bonds. The summed E-state index contributed by atoms with van der Waals surface area (Å²) < 4.78 is 20.7. The van der Waals surface area contributed by atoms with Crippen molar-refractivity contribution in [3.8, 4) is 11.4 Å². The number of nitrogens with one attached hydrogen (secondary N) is 1. The van der Waals surface area contributed by atoms with Crippen molar-refractivity contribution in [2.75, 3.05) is 7.11 Å². The molecule has 23 heavy (non-hydrogen) atoms. The molecule has 0 atom stereocenters. The van der Waals surface area contributed by atoms with E-state index in [4.69, 9.17) is 4.74 Å². The fourth-order valence-electron chi connectivity index (χ4n) is 2.92.